The molecule has 2 heterocycles. The Labute approximate surface area is 301 Å². The molecule has 1 aliphatic rings. The molecule has 10 aromatic rings. The number of nitrogens with zero attached hydrogens (tertiary/aromatic N) is 1. The van der Waals surface area contributed by atoms with Crippen LogP contribution in [0.1, 0.15) is 25.0 Å². The molecule has 8 aromatic carbocycles. The molecule has 0 N–H and O–H groups in total. The first kappa shape index (κ1) is 29.2. The summed E-state index contributed by atoms with van der Waals surface area (Å²) in [6, 6.07) is 58.7. The predicted molar refractivity (Wildman–Crippen MR) is 216 cm³/mol. The van der Waals surface area contributed by atoms with Crippen molar-refractivity contribution in [2.45, 2.75) is 19.3 Å². The summed E-state index contributed by atoms with van der Waals surface area (Å²) >= 11 is 0. The molecule has 52 heavy (non-hydrogen) atoms. The van der Waals surface area contributed by atoms with Crippen molar-refractivity contribution in [3.8, 4) is 22.3 Å². The van der Waals surface area contributed by atoms with Crippen LogP contribution in [0.15, 0.2) is 173 Å². The molecule has 0 radical (unpaired) electrons. The van der Waals surface area contributed by atoms with E-state index >= 15 is 0 Å². The van der Waals surface area contributed by atoms with Gasteiger partial charge in [-0.2, -0.15) is 0 Å². The third-order valence-corrected chi connectivity index (χ3v) is 11.3. The van der Waals surface area contributed by atoms with Gasteiger partial charge in [0.1, 0.15) is 22.3 Å². The Bertz CT molecular complexity index is 3060. The number of para-hydroxylation sites is 2. The molecule has 0 unspecified atom stereocenters. The summed E-state index contributed by atoms with van der Waals surface area (Å²) in [5.41, 5.74) is 14.1. The topological polar surface area (TPSA) is 29.5 Å². The van der Waals surface area contributed by atoms with Gasteiger partial charge in [-0.15, -0.1) is 0 Å². The number of benzene rings is 8. The largest absolute Gasteiger partial charge is 0.456 e. The molecule has 0 amide bonds. The van der Waals surface area contributed by atoms with Gasteiger partial charge in [0.2, 0.25) is 0 Å². The lowest BCUT2D eigenvalue weighted by molar-refractivity contribution is 0.660. The zero-order valence-electron chi connectivity index (χ0n) is 28.9. The highest BCUT2D eigenvalue weighted by Gasteiger charge is 2.38. The molecule has 11 rings (SSSR count). The number of furan rings is 2. The van der Waals surface area contributed by atoms with Crippen molar-refractivity contribution in [3.05, 3.63) is 175 Å². The van der Waals surface area contributed by atoms with Gasteiger partial charge in [0.05, 0.1) is 16.8 Å². The van der Waals surface area contributed by atoms with Gasteiger partial charge in [0, 0.05) is 38.4 Å². The van der Waals surface area contributed by atoms with Crippen molar-refractivity contribution in [3.63, 3.8) is 0 Å². The number of fused-ring (bicyclic) bond motifs is 10. The van der Waals surface area contributed by atoms with Crippen molar-refractivity contribution in [1.82, 2.24) is 0 Å². The second kappa shape index (κ2) is 10.7. The molecular weight excluding hydrogens is 635 g/mol. The van der Waals surface area contributed by atoms with Crippen molar-refractivity contribution in [2.24, 2.45) is 0 Å². The summed E-state index contributed by atoms with van der Waals surface area (Å²) in [6.45, 7) is 4.69. The van der Waals surface area contributed by atoms with Gasteiger partial charge < -0.3 is 13.7 Å². The summed E-state index contributed by atoms with van der Waals surface area (Å²) in [6.07, 6.45) is 0. The lowest BCUT2D eigenvalue weighted by atomic mass is 9.82. The van der Waals surface area contributed by atoms with Gasteiger partial charge in [0.25, 0.3) is 0 Å². The van der Waals surface area contributed by atoms with Crippen LogP contribution < -0.4 is 4.90 Å². The van der Waals surface area contributed by atoms with Crippen LogP contribution >= 0.6 is 0 Å². The van der Waals surface area contributed by atoms with Crippen molar-refractivity contribution >= 4 is 71.7 Å². The van der Waals surface area contributed by atoms with Crippen molar-refractivity contribution < 1.29 is 8.83 Å². The van der Waals surface area contributed by atoms with Gasteiger partial charge >= 0.3 is 0 Å². The van der Waals surface area contributed by atoms with Crippen molar-refractivity contribution in [1.29, 1.82) is 0 Å². The van der Waals surface area contributed by atoms with E-state index in [-0.39, 0.29) is 5.41 Å². The average Bonchev–Trinajstić information content (AvgIpc) is 3.83. The fraction of sp³-hybridized carbons (Fsp3) is 0.0612. The second-order valence-electron chi connectivity index (χ2n) is 14.4. The lowest BCUT2D eigenvalue weighted by Crippen LogP contribution is -2.16. The maximum absolute atomic E-state index is 6.91. The Morgan fingerprint density at radius 2 is 1.10 bits per heavy atom. The Balaban J connectivity index is 1.26. The summed E-state index contributed by atoms with van der Waals surface area (Å²) < 4.78 is 13.2. The van der Waals surface area contributed by atoms with Crippen LogP contribution in [0.4, 0.5) is 17.1 Å². The summed E-state index contributed by atoms with van der Waals surface area (Å²) in [4.78, 5) is 2.45. The van der Waals surface area contributed by atoms with E-state index in [9.17, 15) is 0 Å². The van der Waals surface area contributed by atoms with E-state index in [2.05, 4.69) is 170 Å². The third-order valence-electron chi connectivity index (χ3n) is 11.3. The fourth-order valence-electron chi connectivity index (χ4n) is 8.85. The van der Waals surface area contributed by atoms with Gasteiger partial charge in [0.15, 0.2) is 0 Å². The number of rotatable bonds is 4. The first-order valence-electron chi connectivity index (χ1n) is 17.9. The highest BCUT2D eigenvalue weighted by atomic mass is 16.3. The molecule has 3 heteroatoms. The van der Waals surface area contributed by atoms with E-state index in [4.69, 9.17) is 8.83 Å². The zero-order valence-corrected chi connectivity index (χ0v) is 28.9. The molecule has 2 aromatic heterocycles. The van der Waals surface area contributed by atoms with E-state index in [0.717, 1.165) is 72.1 Å². The van der Waals surface area contributed by atoms with E-state index in [1.807, 2.05) is 12.1 Å². The van der Waals surface area contributed by atoms with E-state index in [1.165, 1.54) is 33.0 Å². The number of anilines is 3. The SMILES string of the molecule is CC1(C)c2ccccc2-c2c(N(c3ccc4oc5ccccc5c4c3)c3ccc(-c4cccc5ccccc45)c4oc5ccccc5c34)cccc21. The van der Waals surface area contributed by atoms with Crippen LogP contribution in [0.2, 0.25) is 0 Å². The van der Waals surface area contributed by atoms with Crippen LogP contribution in [0.25, 0.3) is 76.9 Å². The maximum Gasteiger partial charge on any atom is 0.145 e. The molecule has 0 spiro atoms. The van der Waals surface area contributed by atoms with E-state index in [1.54, 1.807) is 0 Å². The lowest BCUT2D eigenvalue weighted by Gasteiger charge is -2.29. The summed E-state index contributed by atoms with van der Waals surface area (Å²) in [5.74, 6) is 0. The van der Waals surface area contributed by atoms with E-state index < -0.39 is 0 Å². The molecule has 1 aliphatic carbocycles. The molecule has 0 saturated heterocycles. The highest BCUT2D eigenvalue weighted by molar-refractivity contribution is 6.19. The molecule has 0 aliphatic heterocycles. The first-order chi connectivity index (χ1) is 25.6. The first-order valence-corrected chi connectivity index (χ1v) is 17.9. The quantitative estimate of drug-likeness (QED) is 0.187. The van der Waals surface area contributed by atoms with Crippen molar-refractivity contribution in [2.75, 3.05) is 4.90 Å². The Morgan fingerprint density at radius 1 is 0.442 bits per heavy atom. The normalized spacial score (nSPS) is 13.3. The Hall–Kier alpha value is -6.58. The van der Waals surface area contributed by atoms with Crippen LogP contribution in [-0.2, 0) is 5.41 Å². The predicted octanol–water partition coefficient (Wildman–Crippen LogP) is 14.1. The van der Waals surface area contributed by atoms with Crippen LogP contribution in [0, 0.1) is 0 Å². The molecule has 3 nitrogen and oxygen atoms in total. The zero-order chi connectivity index (χ0) is 34.6. The number of hydrogen-bond donors (Lipinski definition) is 0. The number of hydrogen-bond acceptors (Lipinski definition) is 3. The monoisotopic (exact) mass is 667 g/mol. The fourth-order valence-corrected chi connectivity index (χ4v) is 8.85. The third kappa shape index (κ3) is 4.02. The summed E-state index contributed by atoms with van der Waals surface area (Å²) in [7, 11) is 0. The van der Waals surface area contributed by atoms with Gasteiger partial charge in [-0.25, -0.2) is 0 Å². The van der Waals surface area contributed by atoms with Crippen LogP contribution in [-0.4, -0.2) is 0 Å². The Kier molecular flexibility index (Phi) is 6.01. The minimum atomic E-state index is -0.145. The molecule has 0 bridgehead atoms. The van der Waals surface area contributed by atoms with Gasteiger partial charge in [-0.05, 0) is 81.6 Å². The van der Waals surface area contributed by atoms with Gasteiger partial charge in [-0.1, -0.05) is 129 Å². The molecule has 0 fully saturated rings. The summed E-state index contributed by atoms with van der Waals surface area (Å²) in [5, 5.41) is 6.77. The second-order valence-corrected chi connectivity index (χ2v) is 14.4. The molecule has 246 valence electrons. The Morgan fingerprint density at radius 3 is 1.98 bits per heavy atom. The van der Waals surface area contributed by atoms with E-state index in [0.29, 0.717) is 0 Å². The standard InChI is InChI=1S/C49H33NO2/c1-49(2)39-20-8-5-17-36(39)46-40(49)21-12-22-41(46)50(31-25-28-45-38(29-31)34-16-6-9-23-43(34)51-45)42-27-26-35(33-19-11-14-30-13-3-4-15-32(30)33)48-47(42)37-18-7-10-24-44(37)52-48/h3-29H,1-2H3. The maximum atomic E-state index is 6.91. The minimum Gasteiger partial charge on any atom is -0.456 e. The molecule has 0 atom stereocenters. The smallest absolute Gasteiger partial charge is 0.145 e. The average molecular weight is 668 g/mol. The van der Waals surface area contributed by atoms with Crippen LogP contribution in [0.5, 0.6) is 0 Å². The minimum absolute atomic E-state index is 0.145. The molecule has 0 saturated carbocycles. The highest BCUT2D eigenvalue weighted by Crippen LogP contribution is 2.56. The van der Waals surface area contributed by atoms with Crippen LogP contribution in [0.3, 0.4) is 0 Å². The molecular formula is C49H33NO2. The van der Waals surface area contributed by atoms with Gasteiger partial charge in [-0.3, -0.25) is 0 Å².